The van der Waals surface area contributed by atoms with Gasteiger partial charge in [-0.15, -0.1) is 0 Å². The van der Waals surface area contributed by atoms with Gasteiger partial charge in [0, 0.05) is 12.6 Å². The first-order valence-corrected chi connectivity index (χ1v) is 8.86. The van der Waals surface area contributed by atoms with Crippen LogP contribution in [0.1, 0.15) is 49.9 Å². The molecule has 1 saturated heterocycles. The van der Waals surface area contributed by atoms with E-state index in [1.807, 2.05) is 11.5 Å². The van der Waals surface area contributed by atoms with Crippen LogP contribution in [0.3, 0.4) is 0 Å². The van der Waals surface area contributed by atoms with Gasteiger partial charge in [-0.3, -0.25) is 0 Å². The molecule has 1 fully saturated rings. The van der Waals surface area contributed by atoms with Crippen molar-refractivity contribution >= 4 is 17.5 Å². The second-order valence-corrected chi connectivity index (χ2v) is 6.61. The first-order chi connectivity index (χ1) is 12.4. The molecule has 1 aliphatic heterocycles. The highest BCUT2D eigenvalue weighted by atomic mass is 35.5. The van der Waals surface area contributed by atoms with Crippen LogP contribution < -0.4 is 5.73 Å². The largest absolute Gasteiger partial charge is 0.391 e. The number of ether oxygens (including phenoxy) is 1. The predicted octanol–water partition coefficient (Wildman–Crippen LogP) is 2.36. The zero-order valence-corrected chi connectivity index (χ0v) is 16.0. The Labute approximate surface area is 158 Å². The fourth-order valence-corrected chi connectivity index (χ4v) is 2.65. The maximum absolute atomic E-state index is 8.78. The summed E-state index contributed by atoms with van der Waals surface area (Å²) in [4.78, 5) is 12.1. The highest BCUT2D eigenvalue weighted by molar-refractivity contribution is 6.31. The minimum Gasteiger partial charge on any atom is -0.391 e. The smallest absolute Gasteiger partial charge is 0.221 e. The van der Waals surface area contributed by atoms with Crippen LogP contribution in [0.5, 0.6) is 0 Å². The molecule has 0 aliphatic carbocycles. The lowest BCUT2D eigenvalue weighted by Crippen LogP contribution is -2.21. The number of aliphatic hydroxyl groups excluding tert-OH is 1. The summed E-state index contributed by atoms with van der Waals surface area (Å²) >= 11 is 5.96. The molecule has 3 rings (SSSR count). The van der Waals surface area contributed by atoms with Gasteiger partial charge in [-0.2, -0.15) is 0 Å². The van der Waals surface area contributed by atoms with Gasteiger partial charge in [-0.25, -0.2) is 15.0 Å². The van der Waals surface area contributed by atoms with Crippen molar-refractivity contribution < 1.29 is 9.84 Å². The SMILES string of the molecule is Cc1ncc(C#Cc2nc(N)ncc2Cl)n1C(C)C.OC1CCCOC1. The molecule has 26 heavy (non-hydrogen) atoms. The maximum Gasteiger partial charge on any atom is 0.221 e. The lowest BCUT2D eigenvalue weighted by atomic mass is 10.2. The summed E-state index contributed by atoms with van der Waals surface area (Å²) in [7, 11) is 0. The topological polar surface area (TPSA) is 99.1 Å². The minimum atomic E-state index is -0.186. The molecule has 140 valence electrons. The highest BCUT2D eigenvalue weighted by Gasteiger charge is 2.08. The summed E-state index contributed by atoms with van der Waals surface area (Å²) in [6.45, 7) is 7.48. The summed E-state index contributed by atoms with van der Waals surface area (Å²) in [5, 5.41) is 9.17. The lowest BCUT2D eigenvalue weighted by Gasteiger charge is -2.15. The first kappa shape index (κ1) is 20.2. The van der Waals surface area contributed by atoms with Crippen LogP contribution >= 0.6 is 11.6 Å². The maximum atomic E-state index is 8.78. The summed E-state index contributed by atoms with van der Waals surface area (Å²) in [6.07, 6.45) is 4.93. The van der Waals surface area contributed by atoms with E-state index in [0.29, 0.717) is 17.3 Å². The number of hydrogen-bond donors (Lipinski definition) is 2. The molecular formula is C18H24ClN5O2. The molecule has 7 nitrogen and oxygen atoms in total. The number of aryl methyl sites for hydroxylation is 1. The third-order valence-electron chi connectivity index (χ3n) is 3.71. The Bertz CT molecular complexity index is 789. The number of nitrogen functional groups attached to an aromatic ring is 1. The Morgan fingerprint density at radius 2 is 2.12 bits per heavy atom. The van der Waals surface area contributed by atoms with Crippen LogP contribution in [-0.2, 0) is 4.74 Å². The fourth-order valence-electron chi connectivity index (χ4n) is 2.51. The molecule has 1 aliphatic rings. The van der Waals surface area contributed by atoms with Crippen LogP contribution in [-0.4, -0.2) is 43.9 Å². The van der Waals surface area contributed by atoms with Crippen molar-refractivity contribution in [2.45, 2.75) is 45.8 Å². The third kappa shape index (κ3) is 5.70. The molecule has 2 aromatic rings. The molecule has 2 aromatic heterocycles. The Balaban J connectivity index is 0.000000290. The molecule has 8 heteroatoms. The van der Waals surface area contributed by atoms with Crippen LogP contribution in [0.2, 0.25) is 5.02 Å². The second-order valence-electron chi connectivity index (χ2n) is 6.20. The van der Waals surface area contributed by atoms with E-state index in [9.17, 15) is 0 Å². The minimum absolute atomic E-state index is 0.155. The van der Waals surface area contributed by atoms with E-state index in [-0.39, 0.29) is 18.1 Å². The summed E-state index contributed by atoms with van der Waals surface area (Å²) in [5.41, 5.74) is 6.75. The normalized spacial score (nSPS) is 16.5. The summed E-state index contributed by atoms with van der Waals surface area (Å²) in [5.74, 6) is 7.00. The van der Waals surface area contributed by atoms with Crippen LogP contribution in [0.15, 0.2) is 12.4 Å². The van der Waals surface area contributed by atoms with E-state index in [0.717, 1.165) is 31.0 Å². The Hall–Kier alpha value is -2.14. The van der Waals surface area contributed by atoms with Crippen molar-refractivity contribution in [1.29, 1.82) is 0 Å². The van der Waals surface area contributed by atoms with E-state index in [1.165, 1.54) is 6.20 Å². The molecule has 1 unspecified atom stereocenters. The highest BCUT2D eigenvalue weighted by Crippen LogP contribution is 2.14. The quantitative estimate of drug-likeness (QED) is 0.740. The molecule has 3 N–H and O–H groups in total. The van der Waals surface area contributed by atoms with E-state index in [1.54, 1.807) is 6.20 Å². The Morgan fingerprint density at radius 3 is 2.69 bits per heavy atom. The number of aliphatic hydroxyl groups is 1. The van der Waals surface area contributed by atoms with Crippen molar-refractivity contribution in [2.24, 2.45) is 0 Å². The van der Waals surface area contributed by atoms with Gasteiger partial charge < -0.3 is 20.1 Å². The number of nitrogens with zero attached hydrogens (tertiary/aromatic N) is 4. The predicted molar refractivity (Wildman–Crippen MR) is 101 cm³/mol. The molecule has 0 bridgehead atoms. The van der Waals surface area contributed by atoms with E-state index >= 15 is 0 Å². The van der Waals surface area contributed by atoms with Crippen molar-refractivity contribution in [2.75, 3.05) is 18.9 Å². The van der Waals surface area contributed by atoms with Crippen molar-refractivity contribution in [1.82, 2.24) is 19.5 Å². The van der Waals surface area contributed by atoms with Crippen molar-refractivity contribution in [3.63, 3.8) is 0 Å². The molecule has 0 saturated carbocycles. The fraction of sp³-hybridized carbons (Fsp3) is 0.500. The monoisotopic (exact) mass is 377 g/mol. The number of hydrogen-bond acceptors (Lipinski definition) is 6. The van der Waals surface area contributed by atoms with Gasteiger partial charge in [0.25, 0.3) is 0 Å². The van der Waals surface area contributed by atoms with Gasteiger partial charge in [0.15, 0.2) is 0 Å². The first-order valence-electron chi connectivity index (χ1n) is 8.48. The van der Waals surface area contributed by atoms with Crippen molar-refractivity contribution in [3.8, 4) is 11.8 Å². The molecular weight excluding hydrogens is 354 g/mol. The molecule has 1 atom stereocenters. The van der Waals surface area contributed by atoms with Gasteiger partial charge in [0.05, 0.1) is 30.1 Å². The van der Waals surface area contributed by atoms with Crippen LogP contribution in [0.4, 0.5) is 5.95 Å². The average Bonchev–Trinajstić information content (AvgIpc) is 2.98. The zero-order valence-electron chi connectivity index (χ0n) is 15.2. The molecule has 0 spiro atoms. The van der Waals surface area contributed by atoms with Gasteiger partial charge in [0.2, 0.25) is 5.95 Å². The lowest BCUT2D eigenvalue weighted by molar-refractivity contribution is -0.00535. The Morgan fingerprint density at radius 1 is 1.35 bits per heavy atom. The average molecular weight is 378 g/mol. The van der Waals surface area contributed by atoms with Gasteiger partial charge in [-0.1, -0.05) is 11.6 Å². The zero-order chi connectivity index (χ0) is 19.1. The van der Waals surface area contributed by atoms with Crippen LogP contribution in [0, 0.1) is 18.8 Å². The summed E-state index contributed by atoms with van der Waals surface area (Å²) in [6, 6.07) is 0.290. The Kier molecular flexibility index (Phi) is 7.39. The number of halogens is 1. The molecule has 3 heterocycles. The summed E-state index contributed by atoms with van der Waals surface area (Å²) < 4.78 is 6.98. The number of aromatic nitrogens is 4. The van der Waals surface area contributed by atoms with Crippen molar-refractivity contribution in [3.05, 3.63) is 34.6 Å². The van der Waals surface area contributed by atoms with Gasteiger partial charge >= 0.3 is 0 Å². The van der Waals surface area contributed by atoms with E-state index in [2.05, 4.69) is 40.6 Å². The number of nitrogens with two attached hydrogens (primary N) is 1. The number of imidazole rings is 1. The third-order valence-corrected chi connectivity index (χ3v) is 3.98. The van der Waals surface area contributed by atoms with E-state index in [4.69, 9.17) is 27.2 Å². The number of rotatable bonds is 1. The second kappa shape index (κ2) is 9.53. The molecule has 0 radical (unpaired) electrons. The van der Waals surface area contributed by atoms with E-state index < -0.39 is 0 Å². The van der Waals surface area contributed by atoms with Crippen LogP contribution in [0.25, 0.3) is 0 Å². The number of anilines is 1. The standard InChI is InChI=1S/C13H14ClN5.C5H10O2/c1-8(2)19-9(3)16-6-10(19)4-5-12-11(14)7-17-13(15)18-12;6-5-2-1-3-7-4-5/h6-8H,1-3H3,(H2,15,17,18);5-6H,1-4H2. The molecule has 0 aromatic carbocycles. The van der Waals surface area contributed by atoms with Gasteiger partial charge in [0.1, 0.15) is 17.2 Å². The molecule has 0 amide bonds. The van der Waals surface area contributed by atoms with Gasteiger partial charge in [-0.05, 0) is 45.5 Å².